The number of aromatic nitrogens is 2. The quantitative estimate of drug-likeness (QED) is 0.188. The minimum Gasteiger partial charge on any atom is -0.491 e. The van der Waals surface area contributed by atoms with Gasteiger partial charge in [-0.3, -0.25) is 4.90 Å². The second kappa shape index (κ2) is 12.9. The molecule has 0 bridgehead atoms. The number of hydrogen-bond acceptors (Lipinski definition) is 5. The Morgan fingerprint density at radius 2 is 1.95 bits per heavy atom. The van der Waals surface area contributed by atoms with Gasteiger partial charge in [-0.25, -0.2) is 4.98 Å². The molecule has 4 aromatic rings. The lowest BCUT2D eigenvalue weighted by Gasteiger charge is -2.30. The van der Waals surface area contributed by atoms with E-state index in [1.54, 1.807) is 36.8 Å². The van der Waals surface area contributed by atoms with Crippen LogP contribution in [0, 0.1) is 0 Å². The Balaban J connectivity index is 1.05. The number of rotatable bonds is 9. The smallest absolute Gasteiger partial charge is 0.416 e. The molecule has 0 spiro atoms. The SMILES string of the molecule is FC(F)(F)c1cccc(C=CCN2CCc3cc(OC[C@H]4CO[C@](Cn5ccnc5)(c5ccc(Cl)cc5Cl)O4)ccc3C2)c1. The number of benzene rings is 3. The molecule has 11 heteroatoms. The number of imidazole rings is 1. The Bertz CT molecular complexity index is 1630. The highest BCUT2D eigenvalue weighted by atomic mass is 35.5. The zero-order chi connectivity index (χ0) is 30.7. The van der Waals surface area contributed by atoms with E-state index < -0.39 is 17.5 Å². The summed E-state index contributed by atoms with van der Waals surface area (Å²) in [6, 6.07) is 16.7. The van der Waals surface area contributed by atoms with Gasteiger partial charge < -0.3 is 18.8 Å². The van der Waals surface area contributed by atoms with Crippen molar-refractivity contribution in [1.29, 1.82) is 0 Å². The summed E-state index contributed by atoms with van der Waals surface area (Å²) in [5, 5.41) is 0.977. The van der Waals surface area contributed by atoms with Crippen LogP contribution in [0.1, 0.15) is 27.8 Å². The normalized spacial score (nSPS) is 20.7. The van der Waals surface area contributed by atoms with Crippen molar-refractivity contribution in [2.75, 3.05) is 26.3 Å². The number of ether oxygens (including phenoxy) is 3. The van der Waals surface area contributed by atoms with Crippen LogP contribution in [0.25, 0.3) is 6.08 Å². The van der Waals surface area contributed by atoms with Gasteiger partial charge in [-0.2, -0.15) is 13.2 Å². The summed E-state index contributed by atoms with van der Waals surface area (Å²) in [7, 11) is 0. The van der Waals surface area contributed by atoms with Gasteiger partial charge in [0.1, 0.15) is 18.5 Å². The van der Waals surface area contributed by atoms with Crippen molar-refractivity contribution in [3.05, 3.63) is 123 Å². The monoisotopic (exact) mass is 643 g/mol. The van der Waals surface area contributed by atoms with Gasteiger partial charge in [-0.05, 0) is 59.5 Å². The molecule has 2 aliphatic heterocycles. The summed E-state index contributed by atoms with van der Waals surface area (Å²) in [5.41, 5.74) is 2.99. The summed E-state index contributed by atoms with van der Waals surface area (Å²) < 4.78 is 59.8. The molecule has 0 N–H and O–H groups in total. The van der Waals surface area contributed by atoms with Gasteiger partial charge in [0.05, 0.1) is 30.1 Å². The molecule has 6 rings (SSSR count). The van der Waals surface area contributed by atoms with E-state index in [1.807, 2.05) is 29.0 Å². The lowest BCUT2D eigenvalue weighted by atomic mass is 9.99. The molecule has 1 fully saturated rings. The van der Waals surface area contributed by atoms with Crippen LogP contribution in [-0.2, 0) is 40.9 Å². The molecule has 230 valence electrons. The van der Waals surface area contributed by atoms with Crippen LogP contribution in [0.5, 0.6) is 5.75 Å². The van der Waals surface area contributed by atoms with Crippen LogP contribution in [0.4, 0.5) is 13.2 Å². The predicted molar refractivity (Wildman–Crippen MR) is 163 cm³/mol. The summed E-state index contributed by atoms with van der Waals surface area (Å²) in [6.45, 7) is 3.20. The lowest BCUT2D eigenvalue weighted by Crippen LogP contribution is -2.34. The summed E-state index contributed by atoms with van der Waals surface area (Å²) in [5.74, 6) is -0.368. The Kier molecular flexibility index (Phi) is 9.03. The highest BCUT2D eigenvalue weighted by Gasteiger charge is 2.45. The van der Waals surface area contributed by atoms with E-state index in [4.69, 9.17) is 37.4 Å². The molecule has 2 aliphatic rings. The Hall–Kier alpha value is -3.34. The van der Waals surface area contributed by atoms with Crippen molar-refractivity contribution >= 4 is 29.3 Å². The highest BCUT2D eigenvalue weighted by molar-refractivity contribution is 6.35. The zero-order valence-corrected chi connectivity index (χ0v) is 25.2. The van der Waals surface area contributed by atoms with Gasteiger partial charge in [-0.15, -0.1) is 0 Å². The largest absolute Gasteiger partial charge is 0.491 e. The first-order valence-corrected chi connectivity index (χ1v) is 15.0. The molecule has 1 saturated heterocycles. The third-order valence-electron chi connectivity index (χ3n) is 7.74. The molecule has 0 radical (unpaired) electrons. The molecular weight excluding hydrogens is 614 g/mol. The Morgan fingerprint density at radius 3 is 2.75 bits per heavy atom. The second-order valence-electron chi connectivity index (χ2n) is 10.9. The van der Waals surface area contributed by atoms with Gasteiger partial charge >= 0.3 is 6.18 Å². The molecule has 0 saturated carbocycles. The fraction of sp³-hybridized carbons (Fsp3) is 0.303. The van der Waals surface area contributed by atoms with Crippen LogP contribution < -0.4 is 4.74 Å². The third-order valence-corrected chi connectivity index (χ3v) is 8.29. The number of nitrogens with zero attached hydrogens (tertiary/aromatic N) is 3. The molecule has 6 nitrogen and oxygen atoms in total. The number of halogens is 5. The minimum atomic E-state index is -4.35. The van der Waals surface area contributed by atoms with Crippen molar-refractivity contribution in [2.24, 2.45) is 0 Å². The van der Waals surface area contributed by atoms with Crippen molar-refractivity contribution < 1.29 is 27.4 Å². The molecule has 44 heavy (non-hydrogen) atoms. The topological polar surface area (TPSA) is 48.8 Å². The predicted octanol–water partition coefficient (Wildman–Crippen LogP) is 7.63. The van der Waals surface area contributed by atoms with Gasteiger partial charge in [0.15, 0.2) is 0 Å². The van der Waals surface area contributed by atoms with Gasteiger partial charge in [0, 0.05) is 42.6 Å². The molecule has 3 aromatic carbocycles. The van der Waals surface area contributed by atoms with Gasteiger partial charge in [0.25, 0.3) is 0 Å². The maximum absolute atomic E-state index is 13.0. The number of hydrogen-bond donors (Lipinski definition) is 0. The van der Waals surface area contributed by atoms with Crippen LogP contribution in [0.15, 0.2) is 85.5 Å². The van der Waals surface area contributed by atoms with E-state index in [1.165, 1.54) is 23.3 Å². The van der Waals surface area contributed by atoms with E-state index in [0.29, 0.717) is 47.5 Å². The van der Waals surface area contributed by atoms with Crippen molar-refractivity contribution in [2.45, 2.75) is 37.6 Å². The van der Waals surface area contributed by atoms with E-state index in [2.05, 4.69) is 22.0 Å². The molecular formula is C33H30Cl2F3N3O3. The third kappa shape index (κ3) is 7.14. The Morgan fingerprint density at radius 1 is 1.07 bits per heavy atom. The maximum atomic E-state index is 13.0. The molecule has 0 aliphatic carbocycles. The van der Waals surface area contributed by atoms with Crippen molar-refractivity contribution in [1.82, 2.24) is 14.5 Å². The standard InChI is InChI=1S/C33H30Cl2F3N3O3/c34-27-7-9-30(31(35)17-27)32(21-41-14-11-39-22-41)43-20-29(44-32)19-42-28-8-6-25-18-40(13-10-24(25)16-28)12-2-4-23-3-1-5-26(15-23)33(36,37)38/h1-9,11,14-17,22,29H,10,12-13,18-21H2/t29-,32-/m0/s1. The first-order valence-electron chi connectivity index (χ1n) is 14.2. The van der Waals surface area contributed by atoms with E-state index >= 15 is 0 Å². The van der Waals surface area contributed by atoms with E-state index in [0.717, 1.165) is 31.3 Å². The first kappa shape index (κ1) is 30.7. The van der Waals surface area contributed by atoms with Gasteiger partial charge in [-0.1, -0.05) is 59.6 Å². The van der Waals surface area contributed by atoms with Crippen molar-refractivity contribution in [3.8, 4) is 5.75 Å². The van der Waals surface area contributed by atoms with Crippen LogP contribution in [0.2, 0.25) is 10.0 Å². The van der Waals surface area contributed by atoms with Crippen LogP contribution >= 0.6 is 23.2 Å². The highest BCUT2D eigenvalue weighted by Crippen LogP contribution is 2.40. The lowest BCUT2D eigenvalue weighted by molar-refractivity contribution is -0.189. The van der Waals surface area contributed by atoms with Gasteiger partial charge in [0.2, 0.25) is 5.79 Å². The molecule has 2 atom stereocenters. The van der Waals surface area contributed by atoms with E-state index in [9.17, 15) is 13.2 Å². The maximum Gasteiger partial charge on any atom is 0.416 e. The number of alkyl halides is 3. The zero-order valence-electron chi connectivity index (χ0n) is 23.6. The molecule has 0 amide bonds. The number of fused-ring (bicyclic) bond motifs is 1. The van der Waals surface area contributed by atoms with Crippen LogP contribution in [-0.4, -0.2) is 46.9 Å². The van der Waals surface area contributed by atoms with Crippen molar-refractivity contribution in [3.63, 3.8) is 0 Å². The second-order valence-corrected chi connectivity index (χ2v) is 11.8. The fourth-order valence-electron chi connectivity index (χ4n) is 5.55. The molecule has 3 heterocycles. The summed E-state index contributed by atoms with van der Waals surface area (Å²) >= 11 is 12.7. The molecule has 0 unspecified atom stereocenters. The fourth-order valence-corrected chi connectivity index (χ4v) is 6.11. The molecule has 1 aromatic heterocycles. The summed E-state index contributed by atoms with van der Waals surface area (Å²) in [4.78, 5) is 6.39. The first-order chi connectivity index (χ1) is 21.2. The average molecular weight is 645 g/mol. The summed E-state index contributed by atoms with van der Waals surface area (Å²) in [6.07, 6.45) is 5.03. The minimum absolute atomic E-state index is 0.294. The van der Waals surface area contributed by atoms with E-state index in [-0.39, 0.29) is 6.10 Å². The van der Waals surface area contributed by atoms with Crippen LogP contribution in [0.3, 0.4) is 0 Å². The Labute approximate surface area is 263 Å². The average Bonchev–Trinajstić information content (AvgIpc) is 3.66.